The first-order chi connectivity index (χ1) is 13.1. The predicted molar refractivity (Wildman–Crippen MR) is 102 cm³/mol. The number of amides is 1. The van der Waals surface area contributed by atoms with Gasteiger partial charge < -0.3 is 15.0 Å². The second-order valence-corrected chi connectivity index (χ2v) is 7.30. The van der Waals surface area contributed by atoms with Crippen LogP contribution in [0.4, 0.5) is 10.2 Å². The third-order valence-electron chi connectivity index (χ3n) is 5.12. The van der Waals surface area contributed by atoms with Crippen molar-refractivity contribution in [2.45, 2.75) is 25.3 Å². The van der Waals surface area contributed by atoms with Gasteiger partial charge >= 0.3 is 0 Å². The van der Waals surface area contributed by atoms with Gasteiger partial charge in [0.1, 0.15) is 11.6 Å². The normalized spacial score (nSPS) is 19.5. The maximum absolute atomic E-state index is 13.7. The molecule has 1 N–H and O–H groups in total. The molecule has 1 aromatic heterocycles. The number of aromatic nitrogens is 1. The highest BCUT2D eigenvalue weighted by Crippen LogP contribution is 2.34. The SMILES string of the molecule is O=C(c1cnc(NC2CCCc3ccc(F)cc32)c(Cl)c1)N1CCOCC1. The number of pyridine rings is 1. The second kappa shape index (κ2) is 7.82. The molecule has 7 heteroatoms. The average Bonchev–Trinajstić information content (AvgIpc) is 2.70. The van der Waals surface area contributed by atoms with Crippen LogP contribution >= 0.6 is 11.6 Å². The first kappa shape index (κ1) is 18.2. The van der Waals surface area contributed by atoms with Crippen LogP contribution < -0.4 is 5.32 Å². The Balaban J connectivity index is 1.52. The number of rotatable bonds is 3. The van der Waals surface area contributed by atoms with Crippen LogP contribution in [0, 0.1) is 5.82 Å². The zero-order chi connectivity index (χ0) is 18.8. The molecule has 2 aromatic rings. The van der Waals surface area contributed by atoms with E-state index < -0.39 is 0 Å². The Morgan fingerprint density at radius 2 is 2.11 bits per heavy atom. The smallest absolute Gasteiger partial charge is 0.255 e. The van der Waals surface area contributed by atoms with E-state index in [0.717, 1.165) is 30.4 Å². The van der Waals surface area contributed by atoms with Gasteiger partial charge in [-0.05, 0) is 48.6 Å². The molecule has 1 aliphatic carbocycles. The lowest BCUT2D eigenvalue weighted by atomic mass is 9.87. The molecule has 0 bridgehead atoms. The number of ether oxygens (including phenoxy) is 1. The van der Waals surface area contributed by atoms with Crippen LogP contribution in [0.2, 0.25) is 5.02 Å². The number of aryl methyl sites for hydroxylation is 1. The van der Waals surface area contributed by atoms with Gasteiger partial charge in [-0.3, -0.25) is 4.79 Å². The van der Waals surface area contributed by atoms with Crippen molar-refractivity contribution in [1.29, 1.82) is 0 Å². The van der Waals surface area contributed by atoms with Crippen LogP contribution in [0.25, 0.3) is 0 Å². The average molecular weight is 390 g/mol. The van der Waals surface area contributed by atoms with Gasteiger partial charge in [0.2, 0.25) is 0 Å². The largest absolute Gasteiger partial charge is 0.378 e. The van der Waals surface area contributed by atoms with Crippen molar-refractivity contribution in [3.63, 3.8) is 0 Å². The molecule has 1 fully saturated rings. The van der Waals surface area contributed by atoms with Gasteiger partial charge in [0.05, 0.1) is 29.8 Å². The van der Waals surface area contributed by atoms with E-state index in [1.807, 2.05) is 6.07 Å². The van der Waals surface area contributed by atoms with Gasteiger partial charge in [0.15, 0.2) is 0 Å². The number of hydrogen-bond acceptors (Lipinski definition) is 4. The predicted octanol–water partition coefficient (Wildman–Crippen LogP) is 3.84. The number of carbonyl (C=O) groups is 1. The summed E-state index contributed by atoms with van der Waals surface area (Å²) in [5.74, 6) is 0.176. The topological polar surface area (TPSA) is 54.5 Å². The zero-order valence-electron chi connectivity index (χ0n) is 14.9. The molecule has 0 spiro atoms. The van der Waals surface area contributed by atoms with Crippen molar-refractivity contribution in [2.75, 3.05) is 31.6 Å². The third kappa shape index (κ3) is 3.92. The number of halogens is 2. The molecule has 1 amide bonds. The molecular weight excluding hydrogens is 369 g/mol. The lowest BCUT2D eigenvalue weighted by Crippen LogP contribution is -2.40. The van der Waals surface area contributed by atoms with Crippen LogP contribution in [0.1, 0.15) is 40.4 Å². The Bertz CT molecular complexity index is 855. The summed E-state index contributed by atoms with van der Waals surface area (Å²) in [7, 11) is 0. The highest BCUT2D eigenvalue weighted by Gasteiger charge is 2.23. The van der Waals surface area contributed by atoms with Crippen molar-refractivity contribution >= 4 is 23.3 Å². The molecule has 1 saturated heterocycles. The first-order valence-corrected chi connectivity index (χ1v) is 9.57. The number of benzene rings is 1. The van der Waals surface area contributed by atoms with Crippen molar-refractivity contribution in [3.8, 4) is 0 Å². The maximum atomic E-state index is 13.7. The highest BCUT2D eigenvalue weighted by molar-refractivity contribution is 6.33. The summed E-state index contributed by atoms with van der Waals surface area (Å²) in [6.07, 6.45) is 4.38. The molecule has 27 heavy (non-hydrogen) atoms. The Morgan fingerprint density at radius 1 is 1.30 bits per heavy atom. The molecule has 4 rings (SSSR count). The molecule has 1 aliphatic heterocycles. The monoisotopic (exact) mass is 389 g/mol. The number of carbonyl (C=O) groups excluding carboxylic acids is 1. The lowest BCUT2D eigenvalue weighted by molar-refractivity contribution is 0.0302. The van der Waals surface area contributed by atoms with Gasteiger partial charge in [-0.1, -0.05) is 17.7 Å². The second-order valence-electron chi connectivity index (χ2n) is 6.89. The molecular formula is C20H21ClFN3O2. The fourth-order valence-electron chi connectivity index (χ4n) is 3.70. The number of anilines is 1. The minimum absolute atomic E-state index is 0.0461. The standard InChI is InChI=1S/C20H21ClFN3O2/c21-17-10-14(20(26)25-6-8-27-9-7-25)12-23-19(17)24-18-3-1-2-13-4-5-15(22)11-16(13)18/h4-5,10-12,18H,1-3,6-9H2,(H,23,24). The van der Waals surface area contributed by atoms with E-state index >= 15 is 0 Å². The van der Waals surface area contributed by atoms with Crippen LogP contribution in [0.15, 0.2) is 30.5 Å². The molecule has 0 saturated carbocycles. The van der Waals surface area contributed by atoms with Gasteiger partial charge in [-0.2, -0.15) is 0 Å². The minimum atomic E-state index is -0.243. The molecule has 142 valence electrons. The van der Waals surface area contributed by atoms with Crippen LogP contribution in [-0.2, 0) is 11.2 Å². The van der Waals surface area contributed by atoms with Gasteiger partial charge in [-0.25, -0.2) is 9.37 Å². The summed E-state index contributed by atoms with van der Waals surface area (Å²) in [6, 6.07) is 6.52. The molecule has 1 aromatic carbocycles. The number of fused-ring (bicyclic) bond motifs is 1. The maximum Gasteiger partial charge on any atom is 0.255 e. The van der Waals surface area contributed by atoms with Crippen molar-refractivity contribution < 1.29 is 13.9 Å². The van der Waals surface area contributed by atoms with Crippen LogP contribution in [-0.4, -0.2) is 42.1 Å². The third-order valence-corrected chi connectivity index (χ3v) is 5.41. The number of nitrogens with one attached hydrogen (secondary N) is 1. The molecule has 2 aliphatic rings. The van der Waals surface area contributed by atoms with Gasteiger partial charge in [-0.15, -0.1) is 0 Å². The van der Waals surface area contributed by atoms with E-state index in [1.165, 1.54) is 6.07 Å². The molecule has 5 nitrogen and oxygen atoms in total. The Morgan fingerprint density at radius 3 is 2.89 bits per heavy atom. The number of hydrogen-bond donors (Lipinski definition) is 1. The summed E-state index contributed by atoms with van der Waals surface area (Å²) < 4.78 is 19.0. The fraction of sp³-hybridized carbons (Fsp3) is 0.400. The fourth-order valence-corrected chi connectivity index (χ4v) is 3.92. The van der Waals surface area contributed by atoms with E-state index in [1.54, 1.807) is 23.2 Å². The highest BCUT2D eigenvalue weighted by atomic mass is 35.5. The Hall–Kier alpha value is -2.18. The van der Waals surface area contributed by atoms with Gasteiger partial charge in [0.25, 0.3) is 5.91 Å². The Kier molecular flexibility index (Phi) is 5.27. The number of nitrogens with zero attached hydrogens (tertiary/aromatic N) is 2. The molecule has 1 atom stereocenters. The quantitative estimate of drug-likeness (QED) is 0.866. The molecule has 2 heterocycles. The summed E-state index contributed by atoms with van der Waals surface area (Å²) in [4.78, 5) is 18.7. The van der Waals surface area contributed by atoms with E-state index in [-0.39, 0.29) is 17.8 Å². The van der Waals surface area contributed by atoms with E-state index in [9.17, 15) is 9.18 Å². The number of morpholine rings is 1. The zero-order valence-corrected chi connectivity index (χ0v) is 15.6. The van der Waals surface area contributed by atoms with Crippen LogP contribution in [0.3, 0.4) is 0 Å². The summed E-state index contributed by atoms with van der Waals surface area (Å²) in [5, 5.41) is 3.71. The van der Waals surface area contributed by atoms with Crippen LogP contribution in [0.5, 0.6) is 0 Å². The van der Waals surface area contributed by atoms with Crippen molar-refractivity contribution in [3.05, 3.63) is 58.0 Å². The summed E-state index contributed by atoms with van der Waals surface area (Å²) in [5.41, 5.74) is 2.56. The van der Waals surface area contributed by atoms with Crippen molar-refractivity contribution in [2.24, 2.45) is 0 Å². The van der Waals surface area contributed by atoms with E-state index in [2.05, 4.69) is 10.3 Å². The van der Waals surface area contributed by atoms with E-state index in [0.29, 0.717) is 42.7 Å². The minimum Gasteiger partial charge on any atom is -0.378 e. The Labute approximate surface area is 162 Å². The lowest BCUT2D eigenvalue weighted by Gasteiger charge is -2.28. The first-order valence-electron chi connectivity index (χ1n) is 9.19. The summed E-state index contributed by atoms with van der Waals surface area (Å²) in [6.45, 7) is 2.23. The van der Waals surface area contributed by atoms with Gasteiger partial charge in [0, 0.05) is 19.3 Å². The van der Waals surface area contributed by atoms with Crippen molar-refractivity contribution in [1.82, 2.24) is 9.88 Å². The summed E-state index contributed by atoms with van der Waals surface area (Å²) >= 11 is 6.40. The molecule has 0 radical (unpaired) electrons. The molecule has 1 unspecified atom stereocenters. The van der Waals surface area contributed by atoms with E-state index in [4.69, 9.17) is 16.3 Å².